The molecule has 0 heterocycles. The number of halogens is 3. The molecule has 0 atom stereocenters. The lowest BCUT2D eigenvalue weighted by atomic mass is 10.1. The van der Waals surface area contributed by atoms with E-state index in [-0.39, 0.29) is 5.69 Å². The van der Waals surface area contributed by atoms with E-state index in [0.29, 0.717) is 24.7 Å². The summed E-state index contributed by atoms with van der Waals surface area (Å²) in [6.45, 7) is 1.10. The largest absolute Gasteiger partial charge is 0.418 e. The van der Waals surface area contributed by atoms with Crippen LogP contribution in [0.15, 0.2) is 18.2 Å². The van der Waals surface area contributed by atoms with Gasteiger partial charge in [-0.2, -0.15) is 24.9 Å². The lowest BCUT2D eigenvalue weighted by molar-refractivity contribution is -0.137. The van der Waals surface area contributed by atoms with Gasteiger partial charge < -0.3 is 10.2 Å². The van der Waals surface area contributed by atoms with Crippen molar-refractivity contribution in [2.75, 3.05) is 30.5 Å². The van der Waals surface area contributed by atoms with E-state index in [1.165, 1.54) is 6.07 Å². The van der Waals surface area contributed by atoms with E-state index in [1.54, 1.807) is 35.8 Å². The molecule has 21 heavy (non-hydrogen) atoms. The van der Waals surface area contributed by atoms with Gasteiger partial charge in [0.15, 0.2) is 0 Å². The van der Waals surface area contributed by atoms with Crippen molar-refractivity contribution in [1.82, 2.24) is 5.32 Å². The summed E-state index contributed by atoms with van der Waals surface area (Å²) in [5.41, 5.74) is 0.407. The molecule has 0 bridgehead atoms. The lowest BCUT2D eigenvalue weighted by Gasteiger charge is -2.24. The Labute approximate surface area is 128 Å². The predicted octanol–water partition coefficient (Wildman–Crippen LogP) is 3.76. The summed E-state index contributed by atoms with van der Waals surface area (Å²) in [4.78, 5) is 1.68. The van der Waals surface area contributed by atoms with Crippen molar-refractivity contribution in [3.05, 3.63) is 29.3 Å². The Bertz CT molecular complexity index is 472. The van der Waals surface area contributed by atoms with Crippen LogP contribution < -0.4 is 10.2 Å². The number of hydrogen-bond acceptors (Lipinski definition) is 3. The van der Waals surface area contributed by atoms with Crippen LogP contribution in [-0.4, -0.2) is 31.6 Å². The molecule has 6 heteroatoms. The molecule has 0 aromatic heterocycles. The van der Waals surface area contributed by atoms with Gasteiger partial charge in [-0.1, -0.05) is 6.07 Å². The molecule has 2 rings (SSSR count). The highest BCUT2D eigenvalue weighted by atomic mass is 32.2. The molecule has 1 aliphatic rings. The quantitative estimate of drug-likeness (QED) is 0.824. The Hall–Kier alpha value is -0.880. The van der Waals surface area contributed by atoms with Gasteiger partial charge in [0.1, 0.15) is 0 Å². The molecule has 0 unspecified atom stereocenters. The zero-order chi connectivity index (χ0) is 15.5. The molecule has 0 radical (unpaired) electrons. The van der Waals surface area contributed by atoms with Crippen molar-refractivity contribution in [3.63, 3.8) is 0 Å². The third-order valence-corrected chi connectivity index (χ3v) is 4.17. The summed E-state index contributed by atoms with van der Waals surface area (Å²) in [5, 5.41) is 3.25. The van der Waals surface area contributed by atoms with Gasteiger partial charge in [0.25, 0.3) is 0 Å². The number of rotatable bonds is 7. The van der Waals surface area contributed by atoms with Crippen LogP contribution in [0.5, 0.6) is 0 Å². The Balaban J connectivity index is 2.17. The molecule has 1 N–H and O–H groups in total. The number of hydrogen-bond donors (Lipinski definition) is 1. The highest BCUT2D eigenvalue weighted by Crippen LogP contribution is 2.37. The monoisotopic (exact) mass is 318 g/mol. The van der Waals surface area contributed by atoms with E-state index in [4.69, 9.17) is 0 Å². The van der Waals surface area contributed by atoms with E-state index in [1.807, 2.05) is 6.26 Å². The minimum absolute atomic E-state index is 0.256. The van der Waals surface area contributed by atoms with Gasteiger partial charge in [-0.3, -0.25) is 0 Å². The van der Waals surface area contributed by atoms with Crippen LogP contribution in [-0.2, 0) is 12.7 Å². The van der Waals surface area contributed by atoms with Crippen LogP contribution in [0, 0.1) is 0 Å². The summed E-state index contributed by atoms with van der Waals surface area (Å²) in [6, 6.07) is 5.14. The normalized spacial score (nSPS) is 15.3. The Morgan fingerprint density at radius 2 is 2.05 bits per heavy atom. The van der Waals surface area contributed by atoms with Crippen LogP contribution in [0.25, 0.3) is 0 Å². The minimum Gasteiger partial charge on any atom is -0.373 e. The first-order chi connectivity index (χ1) is 9.91. The second-order valence-electron chi connectivity index (χ2n) is 5.42. The van der Waals surface area contributed by atoms with E-state index in [0.717, 1.165) is 18.6 Å². The zero-order valence-corrected chi connectivity index (χ0v) is 13.2. The van der Waals surface area contributed by atoms with E-state index in [9.17, 15) is 13.2 Å². The van der Waals surface area contributed by atoms with Crippen molar-refractivity contribution in [2.24, 2.45) is 0 Å². The Morgan fingerprint density at radius 1 is 1.33 bits per heavy atom. The number of benzene rings is 1. The molecular weight excluding hydrogens is 297 g/mol. The van der Waals surface area contributed by atoms with E-state index in [2.05, 4.69) is 5.32 Å². The van der Waals surface area contributed by atoms with Crippen LogP contribution in [0.1, 0.15) is 24.0 Å². The predicted molar refractivity (Wildman–Crippen MR) is 83.0 cm³/mol. The first kappa shape index (κ1) is 16.5. The average molecular weight is 318 g/mol. The lowest BCUT2D eigenvalue weighted by Crippen LogP contribution is -2.24. The molecule has 1 saturated carbocycles. The van der Waals surface area contributed by atoms with Gasteiger partial charge in [0.05, 0.1) is 5.56 Å². The van der Waals surface area contributed by atoms with Crippen molar-refractivity contribution >= 4 is 17.4 Å². The van der Waals surface area contributed by atoms with Gasteiger partial charge in [-0.15, -0.1) is 0 Å². The van der Waals surface area contributed by atoms with Gasteiger partial charge in [0.2, 0.25) is 0 Å². The van der Waals surface area contributed by atoms with Gasteiger partial charge in [-0.05, 0) is 36.8 Å². The van der Waals surface area contributed by atoms with Crippen LogP contribution in [0.4, 0.5) is 18.9 Å². The second-order valence-corrected chi connectivity index (χ2v) is 6.40. The molecule has 0 saturated heterocycles. The van der Waals surface area contributed by atoms with Crippen LogP contribution in [0.3, 0.4) is 0 Å². The SMILES string of the molecule is CSCCN(C)c1ccc(CNC2CC2)cc1C(F)(F)F. The standard InChI is InChI=1S/C15H21F3N2S/c1-20(7-8-21-2)14-6-3-11(10-19-12-4-5-12)9-13(14)15(16,17)18/h3,6,9,12,19H,4-5,7-8,10H2,1-2H3. The maximum Gasteiger partial charge on any atom is 0.418 e. The molecule has 1 aromatic carbocycles. The fourth-order valence-corrected chi connectivity index (χ4v) is 2.61. The molecule has 118 valence electrons. The number of alkyl halides is 3. The fraction of sp³-hybridized carbons (Fsp3) is 0.600. The summed E-state index contributed by atoms with van der Waals surface area (Å²) < 4.78 is 39.8. The molecule has 1 aromatic rings. The third-order valence-electron chi connectivity index (χ3n) is 3.58. The maximum absolute atomic E-state index is 13.3. The van der Waals surface area contributed by atoms with Crippen molar-refractivity contribution in [3.8, 4) is 0 Å². The third kappa shape index (κ3) is 4.81. The van der Waals surface area contributed by atoms with Crippen LogP contribution >= 0.6 is 11.8 Å². The minimum atomic E-state index is -4.32. The molecule has 0 aliphatic heterocycles. The number of nitrogens with one attached hydrogen (secondary N) is 1. The van der Waals surface area contributed by atoms with Crippen molar-refractivity contribution in [2.45, 2.75) is 31.6 Å². The molecule has 0 amide bonds. The molecule has 1 aliphatic carbocycles. The maximum atomic E-state index is 13.3. The second kappa shape index (κ2) is 6.92. The van der Waals surface area contributed by atoms with Gasteiger partial charge in [-0.25, -0.2) is 0 Å². The van der Waals surface area contributed by atoms with E-state index >= 15 is 0 Å². The summed E-state index contributed by atoms with van der Waals surface area (Å²) in [5.74, 6) is 0.804. The summed E-state index contributed by atoms with van der Waals surface area (Å²) in [6.07, 6.45) is -0.118. The first-order valence-electron chi connectivity index (χ1n) is 7.05. The number of anilines is 1. The number of nitrogens with zero attached hydrogens (tertiary/aromatic N) is 1. The average Bonchev–Trinajstić information content (AvgIpc) is 3.25. The van der Waals surface area contributed by atoms with E-state index < -0.39 is 11.7 Å². The smallest absolute Gasteiger partial charge is 0.373 e. The molecular formula is C15H21F3N2S. The Kier molecular flexibility index (Phi) is 5.43. The van der Waals surface area contributed by atoms with Crippen LogP contribution in [0.2, 0.25) is 0 Å². The first-order valence-corrected chi connectivity index (χ1v) is 8.45. The highest BCUT2D eigenvalue weighted by Gasteiger charge is 2.34. The zero-order valence-electron chi connectivity index (χ0n) is 12.3. The molecule has 1 fully saturated rings. The topological polar surface area (TPSA) is 15.3 Å². The molecule has 2 nitrogen and oxygen atoms in total. The van der Waals surface area contributed by atoms with Gasteiger partial charge >= 0.3 is 6.18 Å². The van der Waals surface area contributed by atoms with Crippen molar-refractivity contribution < 1.29 is 13.2 Å². The molecule has 0 spiro atoms. The highest BCUT2D eigenvalue weighted by molar-refractivity contribution is 7.98. The fourth-order valence-electron chi connectivity index (χ4n) is 2.15. The summed E-state index contributed by atoms with van der Waals surface area (Å²) in [7, 11) is 1.71. The van der Waals surface area contributed by atoms with Crippen molar-refractivity contribution in [1.29, 1.82) is 0 Å². The number of thioether (sulfide) groups is 1. The Morgan fingerprint density at radius 3 is 2.62 bits per heavy atom. The summed E-state index contributed by atoms with van der Waals surface area (Å²) >= 11 is 1.63. The van der Waals surface area contributed by atoms with Gasteiger partial charge in [0, 0.05) is 37.6 Å².